The summed E-state index contributed by atoms with van der Waals surface area (Å²) in [7, 11) is 0. The van der Waals surface area contributed by atoms with E-state index in [0.717, 1.165) is 24.2 Å². The summed E-state index contributed by atoms with van der Waals surface area (Å²) in [6.07, 6.45) is 0.762. The smallest absolute Gasteiger partial charge is 0.123 e. The summed E-state index contributed by atoms with van der Waals surface area (Å²) in [5.41, 5.74) is 2.58. The average Bonchev–Trinajstić information content (AvgIpc) is 2.40. The topological polar surface area (TPSA) is 35.8 Å². The molecule has 0 fully saturated rings. The van der Waals surface area contributed by atoms with Gasteiger partial charge in [-0.15, -0.1) is 0 Å². The summed E-state index contributed by atoms with van der Waals surface area (Å²) in [6.45, 7) is 0.732. The van der Waals surface area contributed by atoms with Gasteiger partial charge in [0.05, 0.1) is 11.6 Å². The van der Waals surface area contributed by atoms with Gasteiger partial charge < -0.3 is 5.32 Å². The Balaban J connectivity index is 1.86. The first kappa shape index (κ1) is 12.1. The van der Waals surface area contributed by atoms with E-state index in [-0.39, 0.29) is 5.82 Å². The molecule has 0 aliphatic heterocycles. The van der Waals surface area contributed by atoms with Gasteiger partial charge in [-0.2, -0.15) is 5.26 Å². The van der Waals surface area contributed by atoms with Crippen LogP contribution in [0.1, 0.15) is 11.1 Å². The second-order valence-electron chi connectivity index (χ2n) is 4.00. The normalized spacial score (nSPS) is 9.78. The van der Waals surface area contributed by atoms with Crippen LogP contribution >= 0.6 is 0 Å². The van der Waals surface area contributed by atoms with Crippen molar-refractivity contribution in [2.45, 2.75) is 6.42 Å². The zero-order chi connectivity index (χ0) is 12.8. The van der Waals surface area contributed by atoms with Gasteiger partial charge in [0, 0.05) is 12.2 Å². The average molecular weight is 240 g/mol. The van der Waals surface area contributed by atoms with Crippen LogP contribution in [0.5, 0.6) is 0 Å². The molecule has 0 spiro atoms. The minimum absolute atomic E-state index is 0.203. The zero-order valence-electron chi connectivity index (χ0n) is 9.86. The van der Waals surface area contributed by atoms with Crippen molar-refractivity contribution in [3.05, 3.63) is 65.5 Å². The molecule has 18 heavy (non-hydrogen) atoms. The molecule has 0 saturated heterocycles. The lowest BCUT2D eigenvalue weighted by molar-refractivity contribution is 0.625. The van der Waals surface area contributed by atoms with Gasteiger partial charge in [0.2, 0.25) is 0 Å². The quantitative estimate of drug-likeness (QED) is 0.889. The van der Waals surface area contributed by atoms with Crippen molar-refractivity contribution in [3.63, 3.8) is 0 Å². The third-order valence-corrected chi connectivity index (χ3v) is 2.65. The molecule has 0 saturated carbocycles. The maximum atomic E-state index is 12.9. The van der Waals surface area contributed by atoms with Crippen LogP contribution in [0.15, 0.2) is 48.5 Å². The lowest BCUT2D eigenvalue weighted by atomic mass is 10.1. The minimum atomic E-state index is -0.203. The van der Waals surface area contributed by atoms with Crippen molar-refractivity contribution in [2.24, 2.45) is 0 Å². The van der Waals surface area contributed by atoms with Gasteiger partial charge in [0.15, 0.2) is 0 Å². The first-order chi connectivity index (χ1) is 8.78. The van der Waals surface area contributed by atoms with Crippen LogP contribution in [0, 0.1) is 17.1 Å². The van der Waals surface area contributed by atoms with Crippen molar-refractivity contribution in [2.75, 3.05) is 11.9 Å². The molecule has 2 aromatic rings. The predicted octanol–water partition coefficient (Wildman–Crippen LogP) is 3.35. The van der Waals surface area contributed by atoms with Crippen molar-refractivity contribution in [3.8, 4) is 6.07 Å². The van der Waals surface area contributed by atoms with E-state index in [1.165, 1.54) is 6.07 Å². The van der Waals surface area contributed by atoms with Crippen LogP contribution in [0.3, 0.4) is 0 Å². The first-order valence-corrected chi connectivity index (χ1v) is 5.76. The summed E-state index contributed by atoms with van der Waals surface area (Å²) >= 11 is 0. The Morgan fingerprint density at radius 1 is 1.11 bits per heavy atom. The van der Waals surface area contributed by atoms with Crippen molar-refractivity contribution in [1.29, 1.82) is 5.26 Å². The highest BCUT2D eigenvalue weighted by Crippen LogP contribution is 2.09. The number of halogens is 1. The number of nitrogens with one attached hydrogen (secondary N) is 1. The van der Waals surface area contributed by atoms with Gasteiger partial charge in [0.1, 0.15) is 5.82 Å². The number of anilines is 1. The fourth-order valence-corrected chi connectivity index (χ4v) is 1.71. The third kappa shape index (κ3) is 3.33. The van der Waals surface area contributed by atoms with Gasteiger partial charge in [0.25, 0.3) is 0 Å². The Hall–Kier alpha value is -2.34. The van der Waals surface area contributed by atoms with Crippen LogP contribution < -0.4 is 5.32 Å². The number of hydrogen-bond acceptors (Lipinski definition) is 2. The molecule has 0 atom stereocenters. The molecule has 3 heteroatoms. The highest BCUT2D eigenvalue weighted by molar-refractivity contribution is 5.47. The summed E-state index contributed by atoms with van der Waals surface area (Å²) in [4.78, 5) is 0. The lowest BCUT2D eigenvalue weighted by Gasteiger charge is -2.06. The highest BCUT2D eigenvalue weighted by Gasteiger charge is 1.96. The highest BCUT2D eigenvalue weighted by atomic mass is 19.1. The molecule has 2 nitrogen and oxygen atoms in total. The lowest BCUT2D eigenvalue weighted by Crippen LogP contribution is -2.04. The molecule has 90 valence electrons. The van der Waals surface area contributed by atoms with Gasteiger partial charge in [-0.25, -0.2) is 4.39 Å². The largest absolute Gasteiger partial charge is 0.385 e. The van der Waals surface area contributed by atoms with E-state index in [0.29, 0.717) is 5.56 Å². The van der Waals surface area contributed by atoms with E-state index in [2.05, 4.69) is 11.4 Å². The number of nitriles is 1. The summed E-state index contributed by atoms with van der Waals surface area (Å²) in [6, 6.07) is 15.9. The van der Waals surface area contributed by atoms with E-state index < -0.39 is 0 Å². The minimum Gasteiger partial charge on any atom is -0.385 e. The fourth-order valence-electron chi connectivity index (χ4n) is 1.71. The van der Waals surface area contributed by atoms with Crippen molar-refractivity contribution in [1.82, 2.24) is 0 Å². The van der Waals surface area contributed by atoms with Gasteiger partial charge in [-0.1, -0.05) is 12.1 Å². The summed E-state index contributed by atoms with van der Waals surface area (Å²) in [5, 5.41) is 11.9. The molecular formula is C15H13FN2. The van der Waals surface area contributed by atoms with Crippen LogP contribution in [-0.4, -0.2) is 6.54 Å². The maximum absolute atomic E-state index is 12.9. The molecule has 0 heterocycles. The molecule has 1 N–H and O–H groups in total. The molecule has 0 aliphatic carbocycles. The Kier molecular flexibility index (Phi) is 3.93. The van der Waals surface area contributed by atoms with E-state index in [1.807, 2.05) is 18.2 Å². The second kappa shape index (κ2) is 5.83. The van der Waals surface area contributed by atoms with E-state index in [4.69, 9.17) is 5.26 Å². The molecule has 0 bridgehead atoms. The SMILES string of the molecule is N#Cc1ccc(NCCc2cccc(F)c2)cc1. The van der Waals surface area contributed by atoms with Crippen molar-refractivity contribution >= 4 is 5.69 Å². The Morgan fingerprint density at radius 2 is 1.89 bits per heavy atom. The molecule has 2 aromatic carbocycles. The number of hydrogen-bond donors (Lipinski definition) is 1. The second-order valence-corrected chi connectivity index (χ2v) is 4.00. The molecular weight excluding hydrogens is 227 g/mol. The van der Waals surface area contributed by atoms with Gasteiger partial charge in [-0.3, -0.25) is 0 Å². The zero-order valence-corrected chi connectivity index (χ0v) is 9.86. The Labute approximate surface area is 106 Å². The van der Waals surface area contributed by atoms with E-state index in [1.54, 1.807) is 24.3 Å². The van der Waals surface area contributed by atoms with E-state index in [9.17, 15) is 4.39 Å². The number of benzene rings is 2. The van der Waals surface area contributed by atoms with Crippen molar-refractivity contribution < 1.29 is 4.39 Å². The van der Waals surface area contributed by atoms with Crippen LogP contribution in [0.25, 0.3) is 0 Å². The molecule has 0 unspecified atom stereocenters. The standard InChI is InChI=1S/C15H13FN2/c16-14-3-1-2-12(10-14)8-9-18-15-6-4-13(11-17)5-7-15/h1-7,10,18H,8-9H2. The number of rotatable bonds is 4. The molecule has 0 aromatic heterocycles. The van der Waals surface area contributed by atoms with Gasteiger partial charge >= 0.3 is 0 Å². The number of nitrogens with zero attached hydrogens (tertiary/aromatic N) is 1. The van der Waals surface area contributed by atoms with Crippen LogP contribution in [0.4, 0.5) is 10.1 Å². The van der Waals surface area contributed by atoms with Crippen LogP contribution in [-0.2, 0) is 6.42 Å². The summed E-state index contributed by atoms with van der Waals surface area (Å²) < 4.78 is 12.9. The maximum Gasteiger partial charge on any atom is 0.123 e. The third-order valence-electron chi connectivity index (χ3n) is 2.65. The molecule has 2 rings (SSSR count). The van der Waals surface area contributed by atoms with E-state index >= 15 is 0 Å². The molecule has 0 aliphatic rings. The monoisotopic (exact) mass is 240 g/mol. The Morgan fingerprint density at radius 3 is 2.56 bits per heavy atom. The predicted molar refractivity (Wildman–Crippen MR) is 69.8 cm³/mol. The molecule has 0 radical (unpaired) electrons. The van der Waals surface area contributed by atoms with Crippen LogP contribution in [0.2, 0.25) is 0 Å². The summed E-state index contributed by atoms with van der Waals surface area (Å²) in [5.74, 6) is -0.203. The fraction of sp³-hybridized carbons (Fsp3) is 0.133. The first-order valence-electron chi connectivity index (χ1n) is 5.76. The Bertz CT molecular complexity index is 555. The molecule has 0 amide bonds. The van der Waals surface area contributed by atoms with Gasteiger partial charge in [-0.05, 0) is 48.4 Å².